The summed E-state index contributed by atoms with van der Waals surface area (Å²) in [7, 11) is 1.39. The number of carbonyl (C=O) groups excluding carboxylic acids is 3. The number of nitrogens with zero attached hydrogens (tertiary/aromatic N) is 4. The van der Waals surface area contributed by atoms with E-state index in [9.17, 15) is 36.3 Å². The van der Waals surface area contributed by atoms with Crippen molar-refractivity contribution in [3.05, 3.63) is 46.3 Å². The largest absolute Gasteiger partial charge is 0.422 e. The molecule has 0 spiro atoms. The molecule has 36 heavy (non-hydrogen) atoms. The Bertz CT molecular complexity index is 1230. The Morgan fingerprint density at radius 3 is 2.64 bits per heavy atom. The zero-order chi connectivity index (χ0) is 26.4. The minimum atomic E-state index is -5.29. The maximum atomic E-state index is 14.4. The van der Waals surface area contributed by atoms with Crippen molar-refractivity contribution in [1.29, 1.82) is 0 Å². The van der Waals surface area contributed by atoms with Gasteiger partial charge in [-0.3, -0.25) is 19.1 Å². The van der Waals surface area contributed by atoms with E-state index in [1.54, 1.807) is 0 Å². The van der Waals surface area contributed by atoms with E-state index in [0.717, 1.165) is 5.06 Å². The molecular weight excluding hydrogens is 495 g/mol. The lowest BCUT2D eigenvalue weighted by Crippen LogP contribution is -2.40. The third kappa shape index (κ3) is 4.82. The molecule has 4 rings (SSSR count). The number of nitrogens with one attached hydrogen (secondary N) is 2. The molecule has 2 aliphatic rings. The summed E-state index contributed by atoms with van der Waals surface area (Å²) in [6.45, 7) is 1.53. The standard InChI is InChI=1S/C21H21F5N6O4/c1-10(33)27-7-11-8-32-18(19(34)30(2)36-11)12-9-31(6-5-14(12)29-32)20(35)28-15-4-3-13(22)16(17(15)23)21(24,25)26/h3-4,11H,5-9H2,1-2H3,(H,27,33)(H,28,35). The summed E-state index contributed by atoms with van der Waals surface area (Å²) in [5.74, 6) is -4.56. The van der Waals surface area contributed by atoms with Crippen molar-refractivity contribution in [3.8, 4) is 0 Å². The fourth-order valence-corrected chi connectivity index (χ4v) is 4.08. The molecule has 0 saturated heterocycles. The van der Waals surface area contributed by atoms with Crippen LogP contribution in [0.15, 0.2) is 12.1 Å². The molecule has 1 aromatic carbocycles. The van der Waals surface area contributed by atoms with Crippen LogP contribution in [-0.2, 0) is 35.3 Å². The summed E-state index contributed by atoms with van der Waals surface area (Å²) >= 11 is 0. The van der Waals surface area contributed by atoms with Crippen LogP contribution in [0.2, 0.25) is 0 Å². The van der Waals surface area contributed by atoms with Crippen LogP contribution < -0.4 is 10.6 Å². The first-order valence-corrected chi connectivity index (χ1v) is 10.8. The Labute approximate surface area is 200 Å². The molecule has 194 valence electrons. The Morgan fingerprint density at radius 1 is 1.25 bits per heavy atom. The number of anilines is 1. The Balaban J connectivity index is 1.56. The zero-order valence-corrected chi connectivity index (χ0v) is 19.1. The molecule has 1 unspecified atom stereocenters. The van der Waals surface area contributed by atoms with Gasteiger partial charge < -0.3 is 15.5 Å². The molecule has 0 fully saturated rings. The first-order chi connectivity index (χ1) is 16.9. The van der Waals surface area contributed by atoms with Gasteiger partial charge in [0.2, 0.25) is 5.91 Å². The molecule has 0 aliphatic carbocycles. The average molecular weight is 516 g/mol. The van der Waals surface area contributed by atoms with Gasteiger partial charge in [0.25, 0.3) is 5.91 Å². The van der Waals surface area contributed by atoms with Crippen molar-refractivity contribution >= 4 is 23.5 Å². The van der Waals surface area contributed by atoms with Gasteiger partial charge >= 0.3 is 12.2 Å². The number of amides is 4. The summed E-state index contributed by atoms with van der Waals surface area (Å²) in [5.41, 5.74) is -1.83. The Kier molecular flexibility index (Phi) is 6.60. The topological polar surface area (TPSA) is 109 Å². The Hall–Kier alpha value is -3.75. The van der Waals surface area contributed by atoms with Crippen LogP contribution in [0.25, 0.3) is 0 Å². The highest BCUT2D eigenvalue weighted by Crippen LogP contribution is 2.36. The van der Waals surface area contributed by atoms with E-state index < -0.39 is 47.1 Å². The number of rotatable bonds is 3. The van der Waals surface area contributed by atoms with Crippen LogP contribution in [-0.4, -0.2) is 63.8 Å². The maximum Gasteiger partial charge on any atom is 0.422 e. The smallest absolute Gasteiger partial charge is 0.354 e. The van der Waals surface area contributed by atoms with Crippen molar-refractivity contribution in [2.75, 3.05) is 25.5 Å². The minimum Gasteiger partial charge on any atom is -0.354 e. The molecule has 2 aliphatic heterocycles. The lowest BCUT2D eigenvalue weighted by Gasteiger charge is -2.27. The lowest BCUT2D eigenvalue weighted by atomic mass is 10.0. The number of aromatic nitrogens is 2. The number of alkyl halides is 3. The highest BCUT2D eigenvalue weighted by molar-refractivity contribution is 5.94. The summed E-state index contributed by atoms with van der Waals surface area (Å²) in [6.07, 6.45) is -5.68. The second-order valence-electron chi connectivity index (χ2n) is 8.31. The van der Waals surface area contributed by atoms with E-state index in [0.29, 0.717) is 23.4 Å². The van der Waals surface area contributed by atoms with E-state index in [2.05, 4.69) is 10.4 Å². The molecule has 3 heterocycles. The number of fused-ring (bicyclic) bond motifs is 3. The van der Waals surface area contributed by atoms with E-state index in [1.165, 1.54) is 23.6 Å². The SMILES string of the molecule is CC(=O)NCC1Cn2nc3c(c2C(=O)N(C)O1)CN(C(=O)Nc1ccc(F)c(C(F)(F)F)c1F)CC3. The predicted molar refractivity (Wildman–Crippen MR) is 112 cm³/mol. The van der Waals surface area contributed by atoms with Gasteiger partial charge in [0.05, 0.1) is 24.5 Å². The minimum absolute atomic E-state index is 0.0834. The number of halogens is 5. The van der Waals surface area contributed by atoms with Gasteiger partial charge in [-0.05, 0) is 12.1 Å². The van der Waals surface area contributed by atoms with Crippen LogP contribution in [0.5, 0.6) is 0 Å². The summed E-state index contributed by atoms with van der Waals surface area (Å²) < 4.78 is 68.4. The van der Waals surface area contributed by atoms with Crippen LogP contribution in [0.3, 0.4) is 0 Å². The fourth-order valence-electron chi connectivity index (χ4n) is 4.08. The molecule has 0 bridgehead atoms. The van der Waals surface area contributed by atoms with Gasteiger partial charge in [0.1, 0.15) is 23.2 Å². The molecule has 10 nitrogen and oxygen atoms in total. The molecule has 2 N–H and O–H groups in total. The van der Waals surface area contributed by atoms with Crippen molar-refractivity contribution in [3.63, 3.8) is 0 Å². The normalized spacial score (nSPS) is 17.9. The number of carbonyl (C=O) groups is 3. The molecular formula is C21H21F5N6O4. The van der Waals surface area contributed by atoms with Crippen molar-refractivity contribution in [2.24, 2.45) is 0 Å². The van der Waals surface area contributed by atoms with Gasteiger partial charge in [0, 0.05) is 39.0 Å². The number of hydrogen-bond donors (Lipinski definition) is 2. The number of urea groups is 1. The van der Waals surface area contributed by atoms with Gasteiger partial charge in [-0.15, -0.1) is 0 Å². The van der Waals surface area contributed by atoms with Crippen molar-refractivity contribution in [2.45, 2.75) is 38.7 Å². The monoisotopic (exact) mass is 516 g/mol. The highest BCUT2D eigenvalue weighted by Gasteiger charge is 2.39. The quantitative estimate of drug-likeness (QED) is 0.609. The second-order valence-corrected chi connectivity index (χ2v) is 8.31. The molecule has 0 saturated carbocycles. The molecule has 4 amide bonds. The Morgan fingerprint density at radius 2 is 1.97 bits per heavy atom. The number of hydroxylamine groups is 2. The van der Waals surface area contributed by atoms with Crippen LogP contribution in [0.4, 0.5) is 32.4 Å². The summed E-state index contributed by atoms with van der Waals surface area (Å²) in [5, 5.41) is 10.1. The van der Waals surface area contributed by atoms with Crippen LogP contribution in [0.1, 0.15) is 34.2 Å². The van der Waals surface area contributed by atoms with E-state index >= 15 is 0 Å². The van der Waals surface area contributed by atoms with Gasteiger partial charge in [-0.1, -0.05) is 0 Å². The number of hydrogen-bond acceptors (Lipinski definition) is 5. The van der Waals surface area contributed by atoms with E-state index in [4.69, 9.17) is 4.84 Å². The van der Waals surface area contributed by atoms with Gasteiger partial charge in [-0.25, -0.2) is 18.6 Å². The summed E-state index contributed by atoms with van der Waals surface area (Å²) in [6, 6.07) is 0.178. The maximum absolute atomic E-state index is 14.4. The second kappa shape index (κ2) is 9.37. The van der Waals surface area contributed by atoms with Crippen LogP contribution in [0, 0.1) is 11.6 Å². The molecule has 1 aromatic heterocycles. The molecule has 15 heteroatoms. The molecule has 1 atom stereocenters. The van der Waals surface area contributed by atoms with Crippen molar-refractivity contribution < 1.29 is 41.2 Å². The van der Waals surface area contributed by atoms with Gasteiger partial charge in [0.15, 0.2) is 5.82 Å². The lowest BCUT2D eigenvalue weighted by molar-refractivity contribution is -0.148. The fraction of sp³-hybridized carbons (Fsp3) is 0.429. The predicted octanol–water partition coefficient (Wildman–Crippen LogP) is 2.29. The highest BCUT2D eigenvalue weighted by atomic mass is 19.4. The third-order valence-corrected chi connectivity index (χ3v) is 5.76. The number of benzene rings is 1. The van der Waals surface area contributed by atoms with Crippen molar-refractivity contribution in [1.82, 2.24) is 25.1 Å². The van der Waals surface area contributed by atoms with E-state index in [1.807, 2.05) is 5.32 Å². The first kappa shape index (κ1) is 25.3. The molecule has 0 radical (unpaired) electrons. The third-order valence-electron chi connectivity index (χ3n) is 5.76. The summed E-state index contributed by atoms with van der Waals surface area (Å²) in [4.78, 5) is 43.7. The first-order valence-electron chi connectivity index (χ1n) is 10.8. The molecule has 2 aromatic rings. The van der Waals surface area contributed by atoms with Gasteiger partial charge in [-0.2, -0.15) is 18.3 Å². The van der Waals surface area contributed by atoms with Crippen LogP contribution >= 0.6 is 0 Å². The van der Waals surface area contributed by atoms with E-state index in [-0.39, 0.29) is 44.2 Å². The average Bonchev–Trinajstić information content (AvgIpc) is 3.09. The zero-order valence-electron chi connectivity index (χ0n) is 19.1.